The molecule has 0 radical (unpaired) electrons. The topological polar surface area (TPSA) is 45.1 Å². The maximum Gasteiger partial charge on any atom is 0.127 e. The normalized spacial score (nSPS) is 23.9. The van der Waals surface area contributed by atoms with Crippen LogP contribution in [-0.4, -0.2) is 23.2 Å². The van der Waals surface area contributed by atoms with Crippen molar-refractivity contribution in [3.8, 4) is 0 Å². The third kappa shape index (κ3) is 2.83. The Morgan fingerprint density at radius 3 is 3.00 bits per heavy atom. The van der Waals surface area contributed by atoms with Crippen molar-refractivity contribution < 1.29 is 5.11 Å². The first-order chi connectivity index (χ1) is 7.20. The standard InChI is InChI=1S/C10H12BrClN2O/c11-8-4-14-10(2-9(8)12)13-3-6-1-7(6)5-15/h2,4,6-7,15H,1,3,5H2,(H,13,14). The lowest BCUT2D eigenvalue weighted by molar-refractivity contribution is 0.270. The molecule has 2 atom stereocenters. The molecule has 15 heavy (non-hydrogen) atoms. The van der Waals surface area contributed by atoms with E-state index in [-0.39, 0.29) is 0 Å². The molecule has 1 aliphatic carbocycles. The first kappa shape index (κ1) is 11.2. The van der Waals surface area contributed by atoms with Crippen molar-refractivity contribution in [2.24, 2.45) is 11.8 Å². The number of aliphatic hydroxyl groups is 1. The molecule has 0 bridgehead atoms. The van der Waals surface area contributed by atoms with E-state index in [1.54, 1.807) is 12.3 Å². The summed E-state index contributed by atoms with van der Waals surface area (Å²) in [7, 11) is 0. The summed E-state index contributed by atoms with van der Waals surface area (Å²) in [6, 6.07) is 1.79. The third-order valence-corrected chi connectivity index (χ3v) is 3.83. The Balaban J connectivity index is 1.86. The fourth-order valence-electron chi connectivity index (χ4n) is 1.53. The second-order valence-corrected chi connectivity index (χ2v) is 5.06. The molecule has 2 rings (SSSR count). The van der Waals surface area contributed by atoms with Crippen molar-refractivity contribution in [3.05, 3.63) is 21.8 Å². The number of hydrogen-bond donors (Lipinski definition) is 2. The molecule has 1 aromatic rings. The largest absolute Gasteiger partial charge is 0.396 e. The highest BCUT2D eigenvalue weighted by molar-refractivity contribution is 9.10. The number of aromatic nitrogens is 1. The van der Waals surface area contributed by atoms with Crippen LogP contribution in [0.1, 0.15) is 6.42 Å². The fraction of sp³-hybridized carbons (Fsp3) is 0.500. The van der Waals surface area contributed by atoms with Crippen LogP contribution in [0.3, 0.4) is 0 Å². The summed E-state index contributed by atoms with van der Waals surface area (Å²) in [5.74, 6) is 1.84. The number of rotatable bonds is 4. The monoisotopic (exact) mass is 290 g/mol. The van der Waals surface area contributed by atoms with Crippen LogP contribution in [0.25, 0.3) is 0 Å². The van der Waals surface area contributed by atoms with Crippen molar-refractivity contribution in [3.63, 3.8) is 0 Å². The number of halogens is 2. The van der Waals surface area contributed by atoms with Crippen molar-refractivity contribution in [2.45, 2.75) is 6.42 Å². The van der Waals surface area contributed by atoms with Gasteiger partial charge in [0.2, 0.25) is 0 Å². The van der Waals surface area contributed by atoms with Crippen LogP contribution in [0.4, 0.5) is 5.82 Å². The van der Waals surface area contributed by atoms with Gasteiger partial charge in [-0.25, -0.2) is 4.98 Å². The van der Waals surface area contributed by atoms with Crippen LogP contribution in [0.5, 0.6) is 0 Å². The molecule has 1 saturated carbocycles. The SMILES string of the molecule is OCC1CC1CNc1cc(Cl)c(Br)cn1. The first-order valence-electron chi connectivity index (χ1n) is 4.86. The average molecular weight is 292 g/mol. The second-order valence-electron chi connectivity index (χ2n) is 3.80. The molecule has 5 heteroatoms. The Labute approximate surface area is 102 Å². The highest BCUT2D eigenvalue weighted by Crippen LogP contribution is 2.37. The van der Waals surface area contributed by atoms with Crippen molar-refractivity contribution >= 4 is 33.3 Å². The molecule has 1 fully saturated rings. The van der Waals surface area contributed by atoms with Gasteiger partial charge in [-0.05, 0) is 34.2 Å². The van der Waals surface area contributed by atoms with E-state index in [0.717, 1.165) is 23.3 Å². The quantitative estimate of drug-likeness (QED) is 0.896. The smallest absolute Gasteiger partial charge is 0.127 e. The molecule has 2 unspecified atom stereocenters. The van der Waals surface area contributed by atoms with Crippen LogP contribution in [0.2, 0.25) is 5.02 Å². The van der Waals surface area contributed by atoms with Gasteiger partial charge in [-0.3, -0.25) is 0 Å². The molecule has 0 aliphatic heterocycles. The summed E-state index contributed by atoms with van der Waals surface area (Å²) >= 11 is 9.22. The minimum absolute atomic E-state index is 0.293. The zero-order chi connectivity index (χ0) is 10.8. The Bertz CT molecular complexity index is 361. The summed E-state index contributed by atoms with van der Waals surface area (Å²) < 4.78 is 0.800. The molecular formula is C10H12BrClN2O. The van der Waals surface area contributed by atoms with E-state index in [2.05, 4.69) is 26.2 Å². The molecule has 1 heterocycles. The van der Waals surface area contributed by atoms with E-state index in [0.29, 0.717) is 23.5 Å². The Hall–Kier alpha value is -0.320. The molecule has 0 aromatic carbocycles. The van der Waals surface area contributed by atoms with Gasteiger partial charge >= 0.3 is 0 Å². The van der Waals surface area contributed by atoms with Gasteiger partial charge in [-0.15, -0.1) is 0 Å². The number of aliphatic hydroxyl groups excluding tert-OH is 1. The average Bonchev–Trinajstić information content (AvgIpc) is 2.98. The van der Waals surface area contributed by atoms with E-state index in [1.165, 1.54) is 0 Å². The number of pyridine rings is 1. The zero-order valence-corrected chi connectivity index (χ0v) is 10.4. The van der Waals surface area contributed by atoms with Gasteiger partial charge in [0.15, 0.2) is 0 Å². The summed E-state index contributed by atoms with van der Waals surface area (Å²) in [6.45, 7) is 1.15. The second kappa shape index (κ2) is 4.68. The Morgan fingerprint density at radius 2 is 2.40 bits per heavy atom. The zero-order valence-electron chi connectivity index (χ0n) is 8.08. The van der Waals surface area contributed by atoms with Crippen LogP contribution < -0.4 is 5.32 Å². The maximum absolute atomic E-state index is 8.88. The van der Waals surface area contributed by atoms with Gasteiger partial charge in [-0.1, -0.05) is 11.6 Å². The van der Waals surface area contributed by atoms with E-state index in [1.807, 2.05) is 0 Å². The van der Waals surface area contributed by atoms with Crippen LogP contribution in [0, 0.1) is 11.8 Å². The third-order valence-electron chi connectivity index (χ3n) is 2.66. The van der Waals surface area contributed by atoms with Crippen LogP contribution >= 0.6 is 27.5 Å². The highest BCUT2D eigenvalue weighted by Gasteiger charge is 2.35. The molecule has 2 N–H and O–H groups in total. The molecule has 82 valence electrons. The summed E-state index contributed by atoms with van der Waals surface area (Å²) in [5.41, 5.74) is 0. The molecule has 0 amide bonds. The lowest BCUT2D eigenvalue weighted by atomic mass is 10.3. The highest BCUT2D eigenvalue weighted by atomic mass is 79.9. The molecule has 0 spiro atoms. The van der Waals surface area contributed by atoms with Crippen molar-refractivity contribution in [1.82, 2.24) is 4.98 Å². The predicted molar refractivity (Wildman–Crippen MR) is 64.1 cm³/mol. The van der Waals surface area contributed by atoms with Gasteiger partial charge in [0, 0.05) is 25.4 Å². The van der Waals surface area contributed by atoms with Gasteiger partial charge in [0.25, 0.3) is 0 Å². The number of anilines is 1. The molecule has 3 nitrogen and oxygen atoms in total. The Morgan fingerprint density at radius 1 is 1.60 bits per heavy atom. The molecular weight excluding hydrogens is 279 g/mol. The summed E-state index contributed by atoms with van der Waals surface area (Å²) in [6.07, 6.45) is 2.79. The van der Waals surface area contributed by atoms with Gasteiger partial charge in [0.1, 0.15) is 5.82 Å². The molecule has 0 saturated heterocycles. The van der Waals surface area contributed by atoms with Crippen molar-refractivity contribution in [1.29, 1.82) is 0 Å². The predicted octanol–water partition coefficient (Wildman–Crippen LogP) is 2.54. The van der Waals surface area contributed by atoms with Gasteiger partial charge in [0.05, 0.1) is 9.50 Å². The number of nitrogens with one attached hydrogen (secondary N) is 1. The number of hydrogen-bond acceptors (Lipinski definition) is 3. The Kier molecular flexibility index (Phi) is 3.49. The lowest BCUT2D eigenvalue weighted by Crippen LogP contribution is -2.07. The van der Waals surface area contributed by atoms with E-state index in [9.17, 15) is 0 Å². The minimum atomic E-state index is 0.293. The summed E-state index contributed by atoms with van der Waals surface area (Å²) in [4.78, 5) is 4.18. The maximum atomic E-state index is 8.88. The van der Waals surface area contributed by atoms with Gasteiger partial charge in [-0.2, -0.15) is 0 Å². The minimum Gasteiger partial charge on any atom is -0.396 e. The van der Waals surface area contributed by atoms with E-state index < -0.39 is 0 Å². The lowest BCUT2D eigenvalue weighted by Gasteiger charge is -2.05. The number of nitrogens with zero attached hydrogens (tertiary/aromatic N) is 1. The van der Waals surface area contributed by atoms with Crippen molar-refractivity contribution in [2.75, 3.05) is 18.5 Å². The first-order valence-corrected chi connectivity index (χ1v) is 6.03. The summed E-state index contributed by atoms with van der Waals surface area (Å²) in [5, 5.41) is 12.7. The van der Waals surface area contributed by atoms with Gasteiger partial charge < -0.3 is 10.4 Å². The van der Waals surface area contributed by atoms with Crippen LogP contribution in [0.15, 0.2) is 16.7 Å². The molecule has 1 aliphatic rings. The molecule has 1 aromatic heterocycles. The van der Waals surface area contributed by atoms with E-state index >= 15 is 0 Å². The van der Waals surface area contributed by atoms with Crippen LogP contribution in [-0.2, 0) is 0 Å². The van der Waals surface area contributed by atoms with E-state index in [4.69, 9.17) is 16.7 Å². The fourth-order valence-corrected chi connectivity index (χ4v) is 1.90.